The van der Waals surface area contributed by atoms with Crippen molar-refractivity contribution in [3.63, 3.8) is 0 Å². The van der Waals surface area contributed by atoms with Crippen LogP contribution in [0.25, 0.3) is 0 Å². The van der Waals surface area contributed by atoms with Gasteiger partial charge in [-0.25, -0.2) is 26.7 Å². The van der Waals surface area contributed by atoms with Crippen molar-refractivity contribution in [2.45, 2.75) is 12.8 Å². The number of hydrogen-bond donors (Lipinski definition) is 2. The molecule has 1 aromatic rings. The maximum absolute atomic E-state index is 14.4. The van der Waals surface area contributed by atoms with Gasteiger partial charge in [0.15, 0.2) is 29.1 Å². The van der Waals surface area contributed by atoms with Crippen molar-refractivity contribution in [1.29, 1.82) is 0 Å². The van der Waals surface area contributed by atoms with Crippen LogP contribution in [-0.4, -0.2) is 41.9 Å². The molecular weight excluding hydrogens is 375 g/mol. The van der Waals surface area contributed by atoms with Gasteiger partial charge < -0.3 is 10.4 Å². The standard InChI is InChI=1S/C17H13F5N2O3/c1-5-8(17(26)27)10(9-6(23-5)3-24(2)4-7(9)25)11-12(18)14(20)16(22)15(21)13(11)19/h10,23H,3-4H2,1-2H3,(H,26,27). The highest BCUT2D eigenvalue weighted by atomic mass is 19.2. The molecule has 0 bridgehead atoms. The first kappa shape index (κ1) is 19.0. The van der Waals surface area contributed by atoms with E-state index in [0.717, 1.165) is 0 Å². The van der Waals surface area contributed by atoms with Gasteiger partial charge in [-0.3, -0.25) is 9.69 Å². The van der Waals surface area contributed by atoms with E-state index in [9.17, 15) is 36.6 Å². The molecule has 0 fully saturated rings. The van der Waals surface area contributed by atoms with Gasteiger partial charge in [0.1, 0.15) is 0 Å². The lowest BCUT2D eigenvalue weighted by Gasteiger charge is -2.36. The third kappa shape index (κ3) is 2.80. The molecule has 27 heavy (non-hydrogen) atoms. The van der Waals surface area contributed by atoms with E-state index in [0.29, 0.717) is 0 Å². The average molecular weight is 388 g/mol. The lowest BCUT2D eigenvalue weighted by molar-refractivity contribution is -0.133. The van der Waals surface area contributed by atoms with Crippen LogP contribution in [0.15, 0.2) is 22.5 Å². The monoisotopic (exact) mass is 388 g/mol. The topological polar surface area (TPSA) is 69.6 Å². The van der Waals surface area contributed by atoms with Gasteiger partial charge in [0.05, 0.1) is 18.0 Å². The zero-order valence-corrected chi connectivity index (χ0v) is 14.1. The molecule has 0 radical (unpaired) electrons. The molecule has 0 aliphatic carbocycles. The maximum atomic E-state index is 14.4. The summed E-state index contributed by atoms with van der Waals surface area (Å²) >= 11 is 0. The second kappa shape index (κ2) is 6.45. The second-order valence-corrected chi connectivity index (χ2v) is 6.37. The van der Waals surface area contributed by atoms with Crippen molar-refractivity contribution in [3.05, 3.63) is 57.2 Å². The van der Waals surface area contributed by atoms with E-state index in [1.54, 1.807) is 11.9 Å². The van der Waals surface area contributed by atoms with E-state index in [1.807, 2.05) is 0 Å². The largest absolute Gasteiger partial charge is 0.478 e. The molecule has 0 saturated heterocycles. The first-order chi connectivity index (χ1) is 12.6. The molecule has 0 spiro atoms. The summed E-state index contributed by atoms with van der Waals surface area (Å²) in [7, 11) is 1.59. The number of nitrogens with one attached hydrogen (secondary N) is 1. The number of halogens is 5. The molecule has 2 heterocycles. The van der Waals surface area contributed by atoms with Crippen LogP contribution >= 0.6 is 0 Å². The third-order valence-electron chi connectivity index (χ3n) is 4.55. The van der Waals surface area contributed by atoms with E-state index in [1.165, 1.54) is 6.92 Å². The van der Waals surface area contributed by atoms with Crippen molar-refractivity contribution in [1.82, 2.24) is 10.2 Å². The Balaban J connectivity index is 2.38. The fraction of sp³-hybridized carbons (Fsp3) is 0.294. The van der Waals surface area contributed by atoms with Crippen LogP contribution in [0.5, 0.6) is 0 Å². The molecular formula is C17H13F5N2O3. The van der Waals surface area contributed by atoms with Crippen molar-refractivity contribution >= 4 is 11.8 Å². The number of carboxylic acids is 1. The molecule has 144 valence electrons. The number of carboxylic acid groups (broad SMARTS) is 1. The number of nitrogens with zero attached hydrogens (tertiary/aromatic N) is 1. The summed E-state index contributed by atoms with van der Waals surface area (Å²) < 4.78 is 69.7. The summed E-state index contributed by atoms with van der Waals surface area (Å²) in [6.45, 7) is 1.20. The Bertz CT molecular complexity index is 925. The second-order valence-electron chi connectivity index (χ2n) is 6.37. The number of aliphatic carboxylic acids is 1. The van der Waals surface area contributed by atoms with E-state index < -0.39 is 57.9 Å². The average Bonchev–Trinajstić information content (AvgIpc) is 2.57. The zero-order chi connectivity index (χ0) is 20.2. The van der Waals surface area contributed by atoms with Crippen LogP contribution in [0.1, 0.15) is 18.4 Å². The Morgan fingerprint density at radius 1 is 1.04 bits per heavy atom. The molecule has 10 heteroatoms. The summed E-state index contributed by atoms with van der Waals surface area (Å²) in [6, 6.07) is 0. The quantitative estimate of drug-likeness (QED) is 0.462. The van der Waals surface area contributed by atoms with Crippen LogP contribution in [0, 0.1) is 29.1 Å². The van der Waals surface area contributed by atoms with Crippen LogP contribution < -0.4 is 5.32 Å². The molecule has 0 amide bonds. The molecule has 1 unspecified atom stereocenters. The van der Waals surface area contributed by atoms with Gasteiger partial charge in [-0.05, 0) is 14.0 Å². The molecule has 0 saturated carbocycles. The smallest absolute Gasteiger partial charge is 0.334 e. The van der Waals surface area contributed by atoms with Gasteiger partial charge in [0.2, 0.25) is 5.82 Å². The number of dihydropyridines is 1. The maximum Gasteiger partial charge on any atom is 0.334 e. The number of rotatable bonds is 2. The number of ketones is 1. The lowest BCUT2D eigenvalue weighted by atomic mass is 9.77. The zero-order valence-electron chi connectivity index (χ0n) is 14.1. The summed E-state index contributed by atoms with van der Waals surface area (Å²) in [6.07, 6.45) is 0. The van der Waals surface area contributed by atoms with Crippen molar-refractivity contribution in [2.75, 3.05) is 20.1 Å². The Kier molecular flexibility index (Phi) is 4.54. The fourth-order valence-electron chi connectivity index (χ4n) is 3.45. The number of Topliss-reactive ketones (excluding diaryl/α,β-unsaturated/α-hetero) is 1. The summed E-state index contributed by atoms with van der Waals surface area (Å²) in [5.74, 6) is -15.3. The molecule has 1 atom stereocenters. The number of benzene rings is 1. The third-order valence-corrected chi connectivity index (χ3v) is 4.55. The molecule has 3 rings (SSSR count). The SMILES string of the molecule is CC1=C(C(=O)O)C(c2c(F)c(F)c(F)c(F)c2F)C2=C(CN(C)CC2=O)N1. The lowest BCUT2D eigenvalue weighted by Crippen LogP contribution is -2.44. The Morgan fingerprint density at radius 2 is 1.56 bits per heavy atom. The number of hydrogen-bond acceptors (Lipinski definition) is 4. The number of carbonyl (C=O) groups is 2. The predicted molar refractivity (Wildman–Crippen MR) is 82.0 cm³/mol. The molecule has 0 aromatic heterocycles. The van der Waals surface area contributed by atoms with E-state index in [2.05, 4.69) is 5.32 Å². The Morgan fingerprint density at radius 3 is 2.07 bits per heavy atom. The highest BCUT2D eigenvalue weighted by Gasteiger charge is 2.44. The van der Waals surface area contributed by atoms with Gasteiger partial charge in [-0.1, -0.05) is 0 Å². The van der Waals surface area contributed by atoms with Gasteiger partial charge in [0, 0.05) is 29.1 Å². The highest BCUT2D eigenvalue weighted by Crippen LogP contribution is 2.43. The number of carbonyl (C=O) groups excluding carboxylic acids is 1. The highest BCUT2D eigenvalue weighted by molar-refractivity contribution is 6.04. The van der Waals surface area contributed by atoms with E-state index >= 15 is 0 Å². The van der Waals surface area contributed by atoms with Crippen LogP contribution in [0.2, 0.25) is 0 Å². The first-order valence-electron chi connectivity index (χ1n) is 7.73. The fourth-order valence-corrected chi connectivity index (χ4v) is 3.45. The van der Waals surface area contributed by atoms with Gasteiger partial charge in [-0.2, -0.15) is 0 Å². The number of likely N-dealkylation sites (N-methyl/N-ethyl adjacent to an activating group) is 1. The first-order valence-corrected chi connectivity index (χ1v) is 7.73. The molecule has 5 nitrogen and oxygen atoms in total. The van der Waals surface area contributed by atoms with E-state index in [-0.39, 0.29) is 30.1 Å². The van der Waals surface area contributed by atoms with Crippen LogP contribution in [0.3, 0.4) is 0 Å². The minimum atomic E-state index is -2.36. The molecule has 2 aliphatic rings. The van der Waals surface area contributed by atoms with Gasteiger partial charge in [0.25, 0.3) is 0 Å². The minimum absolute atomic E-state index is 0.0571. The molecule has 2 aliphatic heterocycles. The van der Waals surface area contributed by atoms with E-state index in [4.69, 9.17) is 0 Å². The number of allylic oxidation sites excluding steroid dienone is 1. The van der Waals surface area contributed by atoms with Crippen molar-refractivity contribution in [2.24, 2.45) is 0 Å². The van der Waals surface area contributed by atoms with Crippen molar-refractivity contribution in [3.8, 4) is 0 Å². The van der Waals surface area contributed by atoms with Gasteiger partial charge >= 0.3 is 5.97 Å². The molecule has 2 N–H and O–H groups in total. The van der Waals surface area contributed by atoms with Crippen molar-refractivity contribution < 1.29 is 36.6 Å². The predicted octanol–water partition coefficient (Wildman–Crippen LogP) is 2.20. The summed E-state index contributed by atoms with van der Waals surface area (Å²) in [5.41, 5.74) is -2.23. The Hall–Kier alpha value is -2.75. The van der Waals surface area contributed by atoms with Crippen LogP contribution in [-0.2, 0) is 9.59 Å². The van der Waals surface area contributed by atoms with Crippen LogP contribution in [0.4, 0.5) is 22.0 Å². The Labute approximate surface area is 149 Å². The van der Waals surface area contributed by atoms with Gasteiger partial charge in [-0.15, -0.1) is 0 Å². The molecule has 1 aromatic carbocycles. The summed E-state index contributed by atoms with van der Waals surface area (Å²) in [5, 5.41) is 12.2. The minimum Gasteiger partial charge on any atom is -0.478 e. The normalized spacial score (nSPS) is 20.7. The summed E-state index contributed by atoms with van der Waals surface area (Å²) in [4.78, 5) is 25.8.